The first-order valence-electron chi connectivity index (χ1n) is 7.94. The lowest BCUT2D eigenvalue weighted by Crippen LogP contribution is -2.26. The number of rotatable bonds is 6. The molecule has 2 rings (SSSR count). The Bertz CT molecular complexity index is 652. The monoisotopic (exact) mass is 319 g/mol. The number of carbonyl (C=O) groups is 1. The van der Waals surface area contributed by atoms with E-state index in [2.05, 4.69) is 15.5 Å². The van der Waals surface area contributed by atoms with E-state index in [4.69, 9.17) is 8.94 Å². The van der Waals surface area contributed by atoms with Crippen molar-refractivity contribution in [2.24, 2.45) is 0 Å². The van der Waals surface area contributed by atoms with Gasteiger partial charge in [0.05, 0.1) is 6.04 Å². The average Bonchev–Trinajstić information content (AvgIpc) is 3.07. The molecule has 6 nitrogen and oxygen atoms in total. The first-order valence-corrected chi connectivity index (χ1v) is 7.94. The fraction of sp³-hybridized carbons (Fsp3) is 0.588. The SMILES string of the molecule is Cc1ccc([C@@H](C)NC(=O)CCCc2nc(C(C)(C)C)no2)o1. The number of nitrogens with one attached hydrogen (secondary N) is 1. The van der Waals surface area contributed by atoms with E-state index >= 15 is 0 Å². The highest BCUT2D eigenvalue weighted by atomic mass is 16.5. The zero-order valence-corrected chi connectivity index (χ0v) is 14.5. The lowest BCUT2D eigenvalue weighted by atomic mass is 9.96. The number of hydrogen-bond donors (Lipinski definition) is 1. The lowest BCUT2D eigenvalue weighted by Gasteiger charge is -2.11. The molecule has 126 valence electrons. The summed E-state index contributed by atoms with van der Waals surface area (Å²) in [4.78, 5) is 16.3. The largest absolute Gasteiger partial charge is 0.464 e. The number of nitrogens with zero attached hydrogens (tertiary/aromatic N) is 2. The third kappa shape index (κ3) is 4.94. The van der Waals surface area contributed by atoms with Crippen molar-refractivity contribution in [2.45, 2.75) is 65.3 Å². The Morgan fingerprint density at radius 2 is 2.09 bits per heavy atom. The summed E-state index contributed by atoms with van der Waals surface area (Å²) in [7, 11) is 0. The Morgan fingerprint density at radius 1 is 1.35 bits per heavy atom. The van der Waals surface area contributed by atoms with Crippen molar-refractivity contribution in [2.75, 3.05) is 0 Å². The molecule has 2 heterocycles. The lowest BCUT2D eigenvalue weighted by molar-refractivity contribution is -0.121. The van der Waals surface area contributed by atoms with E-state index in [0.717, 1.165) is 11.5 Å². The Balaban J connectivity index is 1.75. The molecule has 0 fully saturated rings. The number of carbonyl (C=O) groups excluding carboxylic acids is 1. The minimum absolute atomic E-state index is 0.0119. The highest BCUT2D eigenvalue weighted by molar-refractivity contribution is 5.76. The van der Waals surface area contributed by atoms with Crippen LogP contribution in [0.5, 0.6) is 0 Å². The molecule has 0 saturated heterocycles. The average molecular weight is 319 g/mol. The maximum absolute atomic E-state index is 12.0. The smallest absolute Gasteiger partial charge is 0.226 e. The molecule has 2 aromatic heterocycles. The Hall–Kier alpha value is -2.11. The quantitative estimate of drug-likeness (QED) is 0.881. The Kier molecular flexibility index (Phi) is 5.23. The molecular formula is C17H25N3O3. The second-order valence-electron chi connectivity index (χ2n) is 6.85. The molecule has 0 unspecified atom stereocenters. The molecule has 0 bridgehead atoms. The van der Waals surface area contributed by atoms with E-state index in [0.29, 0.717) is 31.0 Å². The minimum atomic E-state index is -0.132. The molecule has 0 aliphatic heterocycles. The zero-order chi connectivity index (χ0) is 17.0. The molecule has 0 aliphatic carbocycles. The van der Waals surface area contributed by atoms with Gasteiger partial charge in [-0.2, -0.15) is 4.98 Å². The van der Waals surface area contributed by atoms with Gasteiger partial charge >= 0.3 is 0 Å². The van der Waals surface area contributed by atoms with Crippen LogP contribution in [0.2, 0.25) is 0 Å². The van der Waals surface area contributed by atoms with Gasteiger partial charge in [-0.05, 0) is 32.4 Å². The summed E-state index contributed by atoms with van der Waals surface area (Å²) in [6, 6.07) is 3.64. The Morgan fingerprint density at radius 3 is 2.65 bits per heavy atom. The van der Waals surface area contributed by atoms with Crippen molar-refractivity contribution in [3.63, 3.8) is 0 Å². The molecule has 0 saturated carbocycles. The van der Waals surface area contributed by atoms with Gasteiger partial charge in [0.15, 0.2) is 5.82 Å². The first-order chi connectivity index (χ1) is 10.8. The van der Waals surface area contributed by atoms with E-state index in [1.54, 1.807) is 0 Å². The molecular weight excluding hydrogens is 294 g/mol. The van der Waals surface area contributed by atoms with Crippen LogP contribution < -0.4 is 5.32 Å². The zero-order valence-electron chi connectivity index (χ0n) is 14.5. The van der Waals surface area contributed by atoms with Gasteiger partial charge in [-0.15, -0.1) is 0 Å². The summed E-state index contributed by atoms with van der Waals surface area (Å²) in [5.74, 6) is 2.87. The van der Waals surface area contributed by atoms with Crippen molar-refractivity contribution in [1.82, 2.24) is 15.5 Å². The minimum Gasteiger partial charge on any atom is -0.464 e. The van der Waals surface area contributed by atoms with Gasteiger partial charge in [-0.3, -0.25) is 4.79 Å². The predicted molar refractivity (Wildman–Crippen MR) is 85.9 cm³/mol. The van der Waals surface area contributed by atoms with E-state index in [9.17, 15) is 4.79 Å². The highest BCUT2D eigenvalue weighted by Crippen LogP contribution is 2.19. The number of hydrogen-bond acceptors (Lipinski definition) is 5. The predicted octanol–water partition coefficient (Wildman–Crippen LogP) is 3.47. The summed E-state index contributed by atoms with van der Waals surface area (Å²) in [6.45, 7) is 9.89. The molecule has 0 spiro atoms. The summed E-state index contributed by atoms with van der Waals surface area (Å²) in [5.41, 5.74) is -0.129. The molecule has 6 heteroatoms. The van der Waals surface area contributed by atoms with Crippen LogP contribution in [0.15, 0.2) is 21.1 Å². The van der Waals surface area contributed by atoms with Crippen LogP contribution in [-0.4, -0.2) is 16.0 Å². The van der Waals surface area contributed by atoms with E-state index in [1.807, 2.05) is 46.8 Å². The number of aryl methyl sites for hydroxylation is 2. The van der Waals surface area contributed by atoms with Crippen LogP contribution in [0, 0.1) is 6.92 Å². The van der Waals surface area contributed by atoms with Crippen molar-refractivity contribution in [1.29, 1.82) is 0 Å². The van der Waals surface area contributed by atoms with Crippen LogP contribution in [0.25, 0.3) is 0 Å². The fourth-order valence-corrected chi connectivity index (χ4v) is 2.13. The molecule has 2 aromatic rings. The van der Waals surface area contributed by atoms with Crippen molar-refractivity contribution in [3.8, 4) is 0 Å². The maximum Gasteiger partial charge on any atom is 0.226 e. The van der Waals surface area contributed by atoms with E-state index in [-0.39, 0.29) is 17.4 Å². The van der Waals surface area contributed by atoms with Crippen LogP contribution >= 0.6 is 0 Å². The van der Waals surface area contributed by atoms with Crippen molar-refractivity contribution >= 4 is 5.91 Å². The van der Waals surface area contributed by atoms with Crippen LogP contribution in [-0.2, 0) is 16.6 Å². The molecule has 1 amide bonds. The van der Waals surface area contributed by atoms with Crippen molar-refractivity contribution < 1.29 is 13.7 Å². The van der Waals surface area contributed by atoms with Gasteiger partial charge in [-0.1, -0.05) is 25.9 Å². The van der Waals surface area contributed by atoms with Gasteiger partial charge in [0.25, 0.3) is 0 Å². The molecule has 23 heavy (non-hydrogen) atoms. The van der Waals surface area contributed by atoms with Gasteiger partial charge < -0.3 is 14.3 Å². The number of furan rings is 1. The molecule has 1 N–H and O–H groups in total. The molecule has 0 aromatic carbocycles. The van der Waals surface area contributed by atoms with Crippen LogP contribution in [0.1, 0.15) is 69.8 Å². The fourth-order valence-electron chi connectivity index (χ4n) is 2.13. The summed E-state index contributed by atoms with van der Waals surface area (Å²) < 4.78 is 10.7. The highest BCUT2D eigenvalue weighted by Gasteiger charge is 2.21. The topological polar surface area (TPSA) is 81.2 Å². The van der Waals surface area contributed by atoms with E-state index < -0.39 is 0 Å². The van der Waals surface area contributed by atoms with Crippen LogP contribution in [0.4, 0.5) is 0 Å². The normalized spacial score (nSPS) is 13.1. The van der Waals surface area contributed by atoms with Gasteiger partial charge in [0, 0.05) is 18.3 Å². The first kappa shape index (κ1) is 17.2. The molecule has 1 atom stereocenters. The van der Waals surface area contributed by atoms with Crippen LogP contribution in [0.3, 0.4) is 0 Å². The summed E-state index contributed by atoms with van der Waals surface area (Å²) in [5, 5.41) is 6.90. The summed E-state index contributed by atoms with van der Waals surface area (Å²) >= 11 is 0. The maximum atomic E-state index is 12.0. The summed E-state index contributed by atoms with van der Waals surface area (Å²) in [6.07, 6.45) is 1.68. The number of amides is 1. The molecule has 0 radical (unpaired) electrons. The second kappa shape index (κ2) is 6.98. The van der Waals surface area contributed by atoms with Gasteiger partial charge in [0.1, 0.15) is 11.5 Å². The third-order valence-corrected chi connectivity index (χ3v) is 3.50. The molecule has 0 aliphatic rings. The third-order valence-electron chi connectivity index (χ3n) is 3.50. The number of aromatic nitrogens is 2. The van der Waals surface area contributed by atoms with Gasteiger partial charge in [-0.25, -0.2) is 0 Å². The van der Waals surface area contributed by atoms with Gasteiger partial charge in [0.2, 0.25) is 11.8 Å². The van der Waals surface area contributed by atoms with Crippen molar-refractivity contribution in [3.05, 3.63) is 35.4 Å². The Labute approximate surface area is 136 Å². The second-order valence-corrected chi connectivity index (χ2v) is 6.85. The standard InChI is InChI=1S/C17H25N3O3/c1-11-9-10-13(22-11)12(2)18-14(21)7-6-8-15-19-16(20-23-15)17(3,4)5/h9-10,12H,6-8H2,1-5H3,(H,18,21)/t12-/m1/s1. The van der Waals surface area contributed by atoms with E-state index in [1.165, 1.54) is 0 Å².